The number of aryl methyl sites for hydroxylation is 1. The third-order valence-electron chi connectivity index (χ3n) is 5.18. The SMILES string of the molecule is CCn1cc(N(CCc2ccc(S(N)(=O)=O)cc2)C2CCCCC2)cn1. The quantitative estimate of drug-likeness (QED) is 0.805. The summed E-state index contributed by atoms with van der Waals surface area (Å²) >= 11 is 0. The van der Waals surface area contributed by atoms with Crippen LogP contribution >= 0.6 is 0 Å². The van der Waals surface area contributed by atoms with Crippen molar-refractivity contribution in [1.29, 1.82) is 0 Å². The maximum absolute atomic E-state index is 11.4. The zero-order valence-corrected chi connectivity index (χ0v) is 16.2. The third kappa shape index (κ3) is 4.65. The van der Waals surface area contributed by atoms with Crippen LogP contribution in [0.1, 0.15) is 44.6 Å². The molecule has 0 bridgehead atoms. The fraction of sp³-hybridized carbons (Fsp3) is 0.526. The molecule has 1 fully saturated rings. The van der Waals surface area contributed by atoms with E-state index in [1.807, 2.05) is 23.0 Å². The molecule has 0 radical (unpaired) electrons. The predicted molar refractivity (Wildman–Crippen MR) is 104 cm³/mol. The predicted octanol–water partition coefficient (Wildman–Crippen LogP) is 2.93. The van der Waals surface area contributed by atoms with E-state index in [0.29, 0.717) is 6.04 Å². The highest BCUT2D eigenvalue weighted by Crippen LogP contribution is 2.27. The standard InChI is InChI=1S/C19H28N4O2S/c1-2-22-15-18(14-21-22)23(17-6-4-3-5-7-17)13-12-16-8-10-19(11-9-16)26(20,24)25/h8-11,14-15,17H,2-7,12-13H2,1H3,(H2,20,24,25). The molecule has 1 aromatic heterocycles. The first-order valence-corrected chi connectivity index (χ1v) is 10.9. The third-order valence-corrected chi connectivity index (χ3v) is 6.11. The minimum atomic E-state index is -3.63. The zero-order chi connectivity index (χ0) is 18.6. The van der Waals surface area contributed by atoms with Gasteiger partial charge < -0.3 is 4.90 Å². The lowest BCUT2D eigenvalue weighted by Crippen LogP contribution is -2.38. The van der Waals surface area contributed by atoms with Crippen molar-refractivity contribution in [1.82, 2.24) is 9.78 Å². The summed E-state index contributed by atoms with van der Waals surface area (Å²) in [6, 6.07) is 7.44. The number of primary sulfonamides is 1. The maximum Gasteiger partial charge on any atom is 0.238 e. The number of sulfonamides is 1. The smallest absolute Gasteiger partial charge is 0.238 e. The second-order valence-electron chi connectivity index (χ2n) is 6.98. The van der Waals surface area contributed by atoms with Crippen molar-refractivity contribution in [3.63, 3.8) is 0 Å². The molecule has 142 valence electrons. The van der Waals surface area contributed by atoms with Gasteiger partial charge in [-0.05, 0) is 43.9 Å². The van der Waals surface area contributed by atoms with Crippen LogP contribution in [0.5, 0.6) is 0 Å². The fourth-order valence-electron chi connectivity index (χ4n) is 3.68. The highest BCUT2D eigenvalue weighted by atomic mass is 32.2. The Balaban J connectivity index is 1.73. The molecule has 6 nitrogen and oxygen atoms in total. The summed E-state index contributed by atoms with van der Waals surface area (Å²) in [5.74, 6) is 0. The molecule has 0 saturated heterocycles. The van der Waals surface area contributed by atoms with Gasteiger partial charge in [0.25, 0.3) is 0 Å². The van der Waals surface area contributed by atoms with Crippen molar-refractivity contribution in [2.24, 2.45) is 5.14 Å². The minimum Gasteiger partial charge on any atom is -0.366 e. The van der Waals surface area contributed by atoms with Crippen LogP contribution in [-0.4, -0.2) is 30.8 Å². The molecule has 3 rings (SSSR count). The number of rotatable bonds is 7. The van der Waals surface area contributed by atoms with E-state index in [1.54, 1.807) is 12.1 Å². The number of anilines is 1. The van der Waals surface area contributed by atoms with E-state index >= 15 is 0 Å². The molecule has 1 aromatic carbocycles. The van der Waals surface area contributed by atoms with E-state index in [0.717, 1.165) is 25.1 Å². The molecule has 0 unspecified atom stereocenters. The Morgan fingerprint density at radius 3 is 2.46 bits per heavy atom. The van der Waals surface area contributed by atoms with Crippen LogP contribution in [0, 0.1) is 0 Å². The molecular formula is C19H28N4O2S. The number of hydrogen-bond donors (Lipinski definition) is 1. The number of nitrogens with two attached hydrogens (primary N) is 1. The lowest BCUT2D eigenvalue weighted by atomic mass is 9.93. The Labute approximate surface area is 156 Å². The number of nitrogens with zero attached hydrogens (tertiary/aromatic N) is 3. The molecule has 1 heterocycles. The number of aromatic nitrogens is 2. The largest absolute Gasteiger partial charge is 0.366 e. The molecule has 0 atom stereocenters. The Bertz CT molecular complexity index is 808. The van der Waals surface area contributed by atoms with E-state index in [9.17, 15) is 8.42 Å². The van der Waals surface area contributed by atoms with E-state index in [4.69, 9.17) is 5.14 Å². The van der Waals surface area contributed by atoms with Gasteiger partial charge >= 0.3 is 0 Å². The Hall–Kier alpha value is -1.86. The molecule has 0 aliphatic heterocycles. The van der Waals surface area contributed by atoms with Crippen LogP contribution < -0.4 is 10.0 Å². The molecule has 2 aromatic rings. The second-order valence-corrected chi connectivity index (χ2v) is 8.54. The van der Waals surface area contributed by atoms with Gasteiger partial charge in [-0.25, -0.2) is 13.6 Å². The van der Waals surface area contributed by atoms with E-state index in [2.05, 4.69) is 23.1 Å². The highest BCUT2D eigenvalue weighted by molar-refractivity contribution is 7.89. The first-order valence-electron chi connectivity index (χ1n) is 9.38. The average Bonchev–Trinajstić information content (AvgIpc) is 3.11. The molecule has 2 N–H and O–H groups in total. The van der Waals surface area contributed by atoms with Crippen LogP contribution in [0.3, 0.4) is 0 Å². The summed E-state index contributed by atoms with van der Waals surface area (Å²) in [6.45, 7) is 3.86. The summed E-state index contributed by atoms with van der Waals surface area (Å²) in [7, 11) is -3.63. The molecule has 1 aliphatic rings. The molecule has 0 spiro atoms. The summed E-state index contributed by atoms with van der Waals surface area (Å²) in [5.41, 5.74) is 2.29. The van der Waals surface area contributed by atoms with E-state index in [1.165, 1.54) is 37.8 Å². The average molecular weight is 377 g/mol. The van der Waals surface area contributed by atoms with Gasteiger partial charge in [0.15, 0.2) is 0 Å². The van der Waals surface area contributed by atoms with Gasteiger partial charge in [0.2, 0.25) is 10.0 Å². The van der Waals surface area contributed by atoms with Crippen molar-refractivity contribution in [3.05, 3.63) is 42.2 Å². The summed E-state index contributed by atoms with van der Waals surface area (Å²) in [5, 5.41) is 9.61. The lowest BCUT2D eigenvalue weighted by Gasteiger charge is -2.35. The van der Waals surface area contributed by atoms with Gasteiger partial charge in [0.1, 0.15) is 0 Å². The first-order chi connectivity index (χ1) is 12.5. The Kier molecular flexibility index (Phi) is 5.98. The van der Waals surface area contributed by atoms with Crippen molar-refractivity contribution >= 4 is 15.7 Å². The molecular weight excluding hydrogens is 348 g/mol. The van der Waals surface area contributed by atoms with Crippen molar-refractivity contribution in [2.75, 3.05) is 11.4 Å². The molecule has 7 heteroatoms. The minimum absolute atomic E-state index is 0.162. The summed E-state index contributed by atoms with van der Waals surface area (Å²) in [4.78, 5) is 2.64. The van der Waals surface area contributed by atoms with Crippen LogP contribution in [0.4, 0.5) is 5.69 Å². The number of hydrogen-bond acceptors (Lipinski definition) is 4. The van der Waals surface area contributed by atoms with E-state index in [-0.39, 0.29) is 4.90 Å². The van der Waals surface area contributed by atoms with Crippen LogP contribution in [0.2, 0.25) is 0 Å². The van der Waals surface area contributed by atoms with Crippen molar-refractivity contribution in [3.8, 4) is 0 Å². The topological polar surface area (TPSA) is 81.2 Å². The number of benzene rings is 1. The van der Waals surface area contributed by atoms with Crippen LogP contribution in [-0.2, 0) is 23.0 Å². The normalized spacial score (nSPS) is 15.9. The Morgan fingerprint density at radius 1 is 1.19 bits per heavy atom. The summed E-state index contributed by atoms with van der Waals surface area (Å²) < 4.78 is 24.8. The monoisotopic (exact) mass is 376 g/mol. The zero-order valence-electron chi connectivity index (χ0n) is 15.3. The van der Waals surface area contributed by atoms with Gasteiger partial charge in [-0.3, -0.25) is 4.68 Å². The van der Waals surface area contributed by atoms with Crippen molar-refractivity contribution in [2.45, 2.75) is 62.9 Å². The van der Waals surface area contributed by atoms with Crippen molar-refractivity contribution < 1.29 is 8.42 Å². The summed E-state index contributed by atoms with van der Waals surface area (Å²) in [6.07, 6.45) is 11.3. The second kappa shape index (κ2) is 8.22. The van der Waals surface area contributed by atoms with Gasteiger partial charge in [-0.1, -0.05) is 31.4 Å². The molecule has 0 amide bonds. The Morgan fingerprint density at radius 2 is 1.88 bits per heavy atom. The van der Waals surface area contributed by atoms with Gasteiger partial charge in [0, 0.05) is 25.3 Å². The van der Waals surface area contributed by atoms with Gasteiger partial charge in [-0.15, -0.1) is 0 Å². The first kappa shape index (κ1) is 18.9. The fourth-order valence-corrected chi connectivity index (χ4v) is 4.20. The molecule has 26 heavy (non-hydrogen) atoms. The maximum atomic E-state index is 11.4. The van der Waals surface area contributed by atoms with Gasteiger partial charge in [-0.2, -0.15) is 5.10 Å². The van der Waals surface area contributed by atoms with Crippen LogP contribution in [0.25, 0.3) is 0 Å². The lowest BCUT2D eigenvalue weighted by molar-refractivity contribution is 0.415. The highest BCUT2D eigenvalue weighted by Gasteiger charge is 2.22. The molecule has 1 saturated carbocycles. The molecule has 1 aliphatic carbocycles. The van der Waals surface area contributed by atoms with Crippen LogP contribution in [0.15, 0.2) is 41.6 Å². The van der Waals surface area contributed by atoms with E-state index < -0.39 is 10.0 Å². The van der Waals surface area contributed by atoms with Gasteiger partial charge in [0.05, 0.1) is 16.8 Å².